The van der Waals surface area contributed by atoms with Gasteiger partial charge in [0.25, 0.3) is 0 Å². The molecule has 0 aromatic rings. The number of unbranched alkanes of at least 4 members (excludes halogenated alkanes) is 1. The summed E-state index contributed by atoms with van der Waals surface area (Å²) in [5.41, 5.74) is 5.14. The lowest BCUT2D eigenvalue weighted by Crippen LogP contribution is -2.31. The number of rotatable bonds is 9. The number of hydrogen-bond donors (Lipinski definition) is 2. The zero-order valence-corrected chi connectivity index (χ0v) is 19.3. The number of esters is 2. The maximum absolute atomic E-state index is 11.4. The van der Waals surface area contributed by atoms with Gasteiger partial charge in [-0.3, -0.25) is 14.4 Å². The molecule has 0 aliphatic carbocycles. The molecule has 0 aromatic heterocycles. The van der Waals surface area contributed by atoms with Gasteiger partial charge in [-0.15, -0.1) is 0 Å². The number of ether oxygens (including phenoxy) is 1. The molecule has 8 heteroatoms. The van der Waals surface area contributed by atoms with E-state index in [2.05, 4.69) is 10.1 Å². The van der Waals surface area contributed by atoms with E-state index in [0.717, 1.165) is 18.1 Å². The SMILES string of the molecule is CCC(C)(C)C1C(=O)OC(=O)C1C.NCCNC(=O)CCCCC1CCSS1. The van der Waals surface area contributed by atoms with Gasteiger partial charge in [-0.2, -0.15) is 0 Å². The van der Waals surface area contributed by atoms with E-state index in [1.54, 1.807) is 6.92 Å². The van der Waals surface area contributed by atoms with Crippen molar-refractivity contribution >= 4 is 39.4 Å². The Kier molecular flexibility index (Phi) is 11.5. The van der Waals surface area contributed by atoms with Crippen LogP contribution < -0.4 is 11.1 Å². The largest absolute Gasteiger partial charge is 0.393 e. The summed E-state index contributed by atoms with van der Waals surface area (Å²) in [4.78, 5) is 33.7. The predicted octanol–water partition coefficient (Wildman–Crippen LogP) is 3.53. The highest BCUT2D eigenvalue weighted by Crippen LogP contribution is 2.41. The van der Waals surface area contributed by atoms with Gasteiger partial charge in [0.1, 0.15) is 0 Å². The molecular formula is C20H36N2O4S2. The average molecular weight is 433 g/mol. The normalized spacial score (nSPS) is 24.5. The van der Waals surface area contributed by atoms with Crippen LogP contribution in [0.4, 0.5) is 0 Å². The molecule has 162 valence electrons. The third kappa shape index (κ3) is 8.33. The highest BCUT2D eigenvalue weighted by Gasteiger charge is 2.48. The highest BCUT2D eigenvalue weighted by atomic mass is 33.1. The Bertz CT molecular complexity index is 522. The molecule has 2 rings (SSSR count). The maximum atomic E-state index is 11.4. The van der Waals surface area contributed by atoms with E-state index < -0.39 is 0 Å². The number of carbonyl (C=O) groups excluding carboxylic acids is 3. The molecule has 0 radical (unpaired) electrons. The number of carbonyl (C=O) groups is 3. The van der Waals surface area contributed by atoms with Crippen LogP contribution in [0.3, 0.4) is 0 Å². The van der Waals surface area contributed by atoms with Crippen LogP contribution in [0.25, 0.3) is 0 Å². The standard InChI is InChI=1S/C10H20N2OS2.C10H16O3/c11-6-7-12-10(13)4-2-1-3-9-5-8-14-15-9;1-5-10(3,4)7-6(2)8(11)13-9(7)12/h9H,1-8,11H2,(H,12,13);6-7H,5H2,1-4H3. The van der Waals surface area contributed by atoms with Gasteiger partial charge in [-0.1, -0.05) is 62.1 Å². The molecule has 2 saturated heterocycles. The van der Waals surface area contributed by atoms with Crippen molar-refractivity contribution in [1.29, 1.82) is 0 Å². The summed E-state index contributed by atoms with van der Waals surface area (Å²) < 4.78 is 4.60. The van der Waals surface area contributed by atoms with E-state index in [1.807, 2.05) is 42.4 Å². The molecule has 0 saturated carbocycles. The van der Waals surface area contributed by atoms with Crippen LogP contribution in [0.5, 0.6) is 0 Å². The molecule has 0 bridgehead atoms. The third-order valence-corrected chi connectivity index (χ3v) is 8.46. The Labute approximate surface area is 177 Å². The van der Waals surface area contributed by atoms with Crippen molar-refractivity contribution in [2.24, 2.45) is 23.0 Å². The van der Waals surface area contributed by atoms with Crippen molar-refractivity contribution in [2.45, 2.75) is 71.5 Å². The Morgan fingerprint density at radius 2 is 2.00 bits per heavy atom. The zero-order valence-electron chi connectivity index (χ0n) is 17.6. The first kappa shape index (κ1) is 25.3. The lowest BCUT2D eigenvalue weighted by atomic mass is 9.72. The Morgan fingerprint density at radius 3 is 2.50 bits per heavy atom. The van der Waals surface area contributed by atoms with Crippen LogP contribution in [-0.4, -0.2) is 41.9 Å². The molecule has 3 N–H and O–H groups in total. The van der Waals surface area contributed by atoms with Crippen LogP contribution in [0, 0.1) is 17.3 Å². The monoisotopic (exact) mass is 432 g/mol. The molecule has 2 aliphatic heterocycles. The van der Waals surface area contributed by atoms with E-state index in [0.29, 0.717) is 19.5 Å². The second-order valence-electron chi connectivity index (χ2n) is 8.06. The second-order valence-corrected chi connectivity index (χ2v) is 10.8. The van der Waals surface area contributed by atoms with Crippen molar-refractivity contribution in [1.82, 2.24) is 5.32 Å². The zero-order chi connectivity index (χ0) is 21.2. The first-order chi connectivity index (χ1) is 13.2. The Hall–Kier alpha value is -0.730. The summed E-state index contributed by atoms with van der Waals surface area (Å²) in [5, 5.41) is 3.62. The van der Waals surface area contributed by atoms with Gasteiger partial charge < -0.3 is 15.8 Å². The van der Waals surface area contributed by atoms with E-state index in [1.165, 1.54) is 25.0 Å². The minimum Gasteiger partial charge on any atom is -0.393 e. The molecule has 0 spiro atoms. The molecule has 6 nitrogen and oxygen atoms in total. The van der Waals surface area contributed by atoms with Gasteiger partial charge in [-0.05, 0) is 24.7 Å². The fourth-order valence-electron chi connectivity index (χ4n) is 3.33. The molecule has 2 heterocycles. The van der Waals surface area contributed by atoms with Gasteiger partial charge in [0, 0.05) is 30.5 Å². The third-order valence-electron chi connectivity index (χ3n) is 5.45. The number of cyclic esters (lactones) is 2. The molecule has 3 atom stereocenters. The number of nitrogens with two attached hydrogens (primary N) is 1. The first-order valence-corrected chi connectivity index (χ1v) is 12.6. The summed E-state index contributed by atoms with van der Waals surface area (Å²) in [6.07, 6.45) is 6.32. The smallest absolute Gasteiger partial charge is 0.318 e. The molecule has 1 amide bonds. The minimum atomic E-state index is -0.378. The lowest BCUT2D eigenvalue weighted by molar-refractivity contribution is -0.154. The van der Waals surface area contributed by atoms with E-state index >= 15 is 0 Å². The van der Waals surface area contributed by atoms with E-state index in [4.69, 9.17) is 5.73 Å². The summed E-state index contributed by atoms with van der Waals surface area (Å²) in [7, 11) is 4.00. The summed E-state index contributed by atoms with van der Waals surface area (Å²) in [5.74, 6) is 0.147. The van der Waals surface area contributed by atoms with Crippen LogP contribution in [0.2, 0.25) is 0 Å². The van der Waals surface area contributed by atoms with Gasteiger partial charge in [0.05, 0.1) is 11.8 Å². The maximum Gasteiger partial charge on any atom is 0.318 e. The predicted molar refractivity (Wildman–Crippen MR) is 117 cm³/mol. The van der Waals surface area contributed by atoms with Crippen molar-refractivity contribution < 1.29 is 19.1 Å². The van der Waals surface area contributed by atoms with Gasteiger partial charge in [-0.25, -0.2) is 0 Å². The van der Waals surface area contributed by atoms with E-state index in [9.17, 15) is 14.4 Å². The van der Waals surface area contributed by atoms with Crippen LogP contribution >= 0.6 is 21.6 Å². The number of hydrogen-bond acceptors (Lipinski definition) is 7. The molecule has 2 fully saturated rings. The molecule has 0 aromatic carbocycles. The topological polar surface area (TPSA) is 98.5 Å². The quantitative estimate of drug-likeness (QED) is 0.249. The fraction of sp³-hybridized carbons (Fsp3) is 0.850. The Balaban J connectivity index is 0.000000283. The minimum absolute atomic E-state index is 0.147. The Morgan fingerprint density at radius 1 is 1.29 bits per heavy atom. The van der Waals surface area contributed by atoms with Crippen molar-refractivity contribution in [3.8, 4) is 0 Å². The molecule has 3 unspecified atom stereocenters. The summed E-state index contributed by atoms with van der Waals surface area (Å²) in [6.45, 7) is 8.90. The summed E-state index contributed by atoms with van der Waals surface area (Å²) in [6, 6.07) is 0. The van der Waals surface area contributed by atoms with Crippen molar-refractivity contribution in [3.63, 3.8) is 0 Å². The van der Waals surface area contributed by atoms with Crippen LogP contribution in [0.15, 0.2) is 0 Å². The number of amides is 1. The average Bonchev–Trinajstić information content (AvgIpc) is 3.25. The highest BCUT2D eigenvalue weighted by molar-refractivity contribution is 8.77. The van der Waals surface area contributed by atoms with Gasteiger partial charge >= 0.3 is 11.9 Å². The molecule has 2 aliphatic rings. The fourth-order valence-corrected chi connectivity index (χ4v) is 6.36. The first-order valence-electron chi connectivity index (χ1n) is 10.2. The number of nitrogens with one attached hydrogen (secondary N) is 1. The van der Waals surface area contributed by atoms with Crippen LogP contribution in [0.1, 0.15) is 66.2 Å². The second kappa shape index (κ2) is 12.8. The van der Waals surface area contributed by atoms with Gasteiger partial charge in [0.2, 0.25) is 5.91 Å². The lowest BCUT2D eigenvalue weighted by Gasteiger charge is -2.28. The van der Waals surface area contributed by atoms with Crippen LogP contribution in [-0.2, 0) is 19.1 Å². The van der Waals surface area contributed by atoms with Gasteiger partial charge in [0.15, 0.2) is 0 Å². The van der Waals surface area contributed by atoms with Crippen molar-refractivity contribution in [3.05, 3.63) is 0 Å². The van der Waals surface area contributed by atoms with Crippen molar-refractivity contribution in [2.75, 3.05) is 18.8 Å². The molecule has 28 heavy (non-hydrogen) atoms. The summed E-state index contributed by atoms with van der Waals surface area (Å²) >= 11 is 0. The van der Waals surface area contributed by atoms with E-state index in [-0.39, 0.29) is 35.1 Å². The molecular weight excluding hydrogens is 396 g/mol.